The Balaban J connectivity index is 1.91. The number of carbonyl (C=O) groups is 2. The van der Waals surface area contributed by atoms with Crippen LogP contribution in [0.4, 0.5) is 4.79 Å². The molecular weight excluding hydrogens is 260 g/mol. The first-order valence-corrected chi connectivity index (χ1v) is 6.69. The number of carbonyl (C=O) groups excluding carboxylic acids is 1. The van der Waals surface area contributed by atoms with Gasteiger partial charge in [-0.3, -0.25) is 4.79 Å². The van der Waals surface area contributed by atoms with Gasteiger partial charge in [0.1, 0.15) is 5.82 Å². The first-order chi connectivity index (χ1) is 9.49. The van der Waals surface area contributed by atoms with Gasteiger partial charge in [-0.25, -0.2) is 9.78 Å². The number of carboxylic acids is 1. The van der Waals surface area contributed by atoms with E-state index in [-0.39, 0.29) is 12.1 Å². The molecule has 2 N–H and O–H groups in total. The molecule has 7 nitrogen and oxygen atoms in total. The minimum Gasteiger partial charge on any atom is -0.481 e. The number of amides is 2. The summed E-state index contributed by atoms with van der Waals surface area (Å²) >= 11 is 0. The summed E-state index contributed by atoms with van der Waals surface area (Å²) in [5.74, 6) is -0.524. The maximum absolute atomic E-state index is 12.1. The van der Waals surface area contributed by atoms with Crippen LogP contribution in [0, 0.1) is 5.92 Å². The molecular formula is C13H20N4O3. The Hall–Kier alpha value is -2.05. The van der Waals surface area contributed by atoms with Gasteiger partial charge in [-0.05, 0) is 12.8 Å². The SMILES string of the molecule is CN(Cc1nccn1C)C(=O)NC1CCCC1C(=O)O. The van der Waals surface area contributed by atoms with Crippen molar-refractivity contribution in [3.8, 4) is 0 Å². The van der Waals surface area contributed by atoms with Gasteiger partial charge in [-0.1, -0.05) is 6.42 Å². The molecule has 110 valence electrons. The van der Waals surface area contributed by atoms with E-state index in [1.165, 1.54) is 4.90 Å². The molecule has 20 heavy (non-hydrogen) atoms. The molecule has 0 spiro atoms. The molecule has 1 saturated carbocycles. The van der Waals surface area contributed by atoms with E-state index in [2.05, 4.69) is 10.3 Å². The molecule has 2 unspecified atom stereocenters. The van der Waals surface area contributed by atoms with Crippen molar-refractivity contribution < 1.29 is 14.7 Å². The summed E-state index contributed by atoms with van der Waals surface area (Å²) in [4.78, 5) is 28.8. The van der Waals surface area contributed by atoms with Gasteiger partial charge in [0.25, 0.3) is 0 Å². The van der Waals surface area contributed by atoms with Crippen LogP contribution in [0.2, 0.25) is 0 Å². The van der Waals surface area contributed by atoms with Crippen LogP contribution in [0.5, 0.6) is 0 Å². The highest BCUT2D eigenvalue weighted by Crippen LogP contribution is 2.25. The Morgan fingerprint density at radius 2 is 2.30 bits per heavy atom. The molecule has 1 heterocycles. The minimum absolute atomic E-state index is 0.258. The van der Waals surface area contributed by atoms with Crippen molar-refractivity contribution in [1.29, 1.82) is 0 Å². The summed E-state index contributed by atoms with van der Waals surface area (Å²) in [5.41, 5.74) is 0. The number of aryl methyl sites for hydroxylation is 1. The fourth-order valence-corrected chi connectivity index (χ4v) is 2.53. The second-order valence-electron chi connectivity index (χ2n) is 5.24. The Labute approximate surface area is 117 Å². The van der Waals surface area contributed by atoms with Crippen LogP contribution in [0.3, 0.4) is 0 Å². The monoisotopic (exact) mass is 280 g/mol. The number of aliphatic carboxylic acids is 1. The number of aromatic nitrogens is 2. The highest BCUT2D eigenvalue weighted by Gasteiger charge is 2.34. The topological polar surface area (TPSA) is 87.5 Å². The van der Waals surface area contributed by atoms with Crippen molar-refractivity contribution in [3.63, 3.8) is 0 Å². The lowest BCUT2D eigenvalue weighted by Crippen LogP contribution is -2.46. The van der Waals surface area contributed by atoms with Gasteiger partial charge in [-0.2, -0.15) is 0 Å². The molecule has 2 rings (SSSR count). The first kappa shape index (κ1) is 14.4. The third-order valence-electron chi connectivity index (χ3n) is 3.79. The van der Waals surface area contributed by atoms with E-state index in [1.54, 1.807) is 13.2 Å². The van der Waals surface area contributed by atoms with Crippen LogP contribution in [0.25, 0.3) is 0 Å². The number of imidazole rings is 1. The lowest BCUT2D eigenvalue weighted by molar-refractivity contribution is -0.142. The Bertz CT molecular complexity index is 500. The molecule has 0 saturated heterocycles. The molecule has 1 aromatic rings. The van der Waals surface area contributed by atoms with Crippen molar-refractivity contribution in [1.82, 2.24) is 19.8 Å². The molecule has 1 aliphatic carbocycles. The Morgan fingerprint density at radius 1 is 1.55 bits per heavy atom. The van der Waals surface area contributed by atoms with Crippen molar-refractivity contribution in [2.45, 2.75) is 31.8 Å². The highest BCUT2D eigenvalue weighted by atomic mass is 16.4. The van der Waals surface area contributed by atoms with Crippen molar-refractivity contribution in [3.05, 3.63) is 18.2 Å². The largest absolute Gasteiger partial charge is 0.481 e. The highest BCUT2D eigenvalue weighted by molar-refractivity contribution is 5.76. The lowest BCUT2D eigenvalue weighted by Gasteiger charge is -2.23. The van der Waals surface area contributed by atoms with Crippen LogP contribution in [0.1, 0.15) is 25.1 Å². The zero-order valence-electron chi connectivity index (χ0n) is 11.7. The number of hydrogen-bond donors (Lipinski definition) is 2. The number of rotatable bonds is 4. The van der Waals surface area contributed by atoms with Gasteiger partial charge in [0, 0.05) is 32.5 Å². The molecule has 7 heteroatoms. The maximum Gasteiger partial charge on any atom is 0.317 e. The van der Waals surface area contributed by atoms with E-state index >= 15 is 0 Å². The second kappa shape index (κ2) is 5.94. The molecule has 0 aliphatic heterocycles. The fraction of sp³-hybridized carbons (Fsp3) is 0.615. The average Bonchev–Trinajstić information content (AvgIpc) is 2.99. The molecule has 0 bridgehead atoms. The molecule has 1 fully saturated rings. The summed E-state index contributed by atoms with van der Waals surface area (Å²) in [6, 6.07) is -0.532. The van der Waals surface area contributed by atoms with Crippen LogP contribution >= 0.6 is 0 Å². The van der Waals surface area contributed by atoms with E-state index in [0.717, 1.165) is 18.7 Å². The first-order valence-electron chi connectivity index (χ1n) is 6.69. The van der Waals surface area contributed by atoms with Crippen molar-refractivity contribution in [2.24, 2.45) is 13.0 Å². The summed E-state index contributed by atoms with van der Waals surface area (Å²) < 4.78 is 1.85. The quantitative estimate of drug-likeness (QED) is 0.854. The fourth-order valence-electron chi connectivity index (χ4n) is 2.53. The standard InChI is InChI=1S/C13H20N4O3/c1-16-7-6-14-11(16)8-17(2)13(20)15-10-5-3-4-9(10)12(18)19/h6-7,9-10H,3-5,8H2,1-2H3,(H,15,20)(H,18,19). The Kier molecular flexibility index (Phi) is 4.26. The summed E-state index contributed by atoms with van der Waals surface area (Å²) in [7, 11) is 3.54. The zero-order valence-corrected chi connectivity index (χ0v) is 11.7. The number of nitrogens with zero attached hydrogens (tertiary/aromatic N) is 3. The van der Waals surface area contributed by atoms with E-state index in [9.17, 15) is 9.59 Å². The van der Waals surface area contributed by atoms with E-state index in [4.69, 9.17) is 5.11 Å². The predicted molar refractivity (Wildman–Crippen MR) is 72.0 cm³/mol. The lowest BCUT2D eigenvalue weighted by atomic mass is 10.0. The van der Waals surface area contributed by atoms with Crippen LogP contribution in [-0.4, -0.2) is 44.6 Å². The number of nitrogens with one attached hydrogen (secondary N) is 1. The normalized spacial score (nSPS) is 21.7. The molecule has 1 aromatic heterocycles. The molecule has 2 amide bonds. The number of hydrogen-bond acceptors (Lipinski definition) is 3. The summed E-state index contributed by atoms with van der Waals surface area (Å²) in [6.45, 7) is 0.389. The number of carboxylic acid groups (broad SMARTS) is 1. The van der Waals surface area contributed by atoms with Crippen LogP contribution in [0.15, 0.2) is 12.4 Å². The Morgan fingerprint density at radius 3 is 2.90 bits per heavy atom. The third-order valence-corrected chi connectivity index (χ3v) is 3.79. The second-order valence-corrected chi connectivity index (χ2v) is 5.24. The summed E-state index contributed by atoms with van der Waals surface area (Å²) in [6.07, 6.45) is 5.68. The number of urea groups is 1. The van der Waals surface area contributed by atoms with Gasteiger partial charge in [0.05, 0.1) is 12.5 Å². The minimum atomic E-state index is -0.834. The van der Waals surface area contributed by atoms with Crippen molar-refractivity contribution in [2.75, 3.05) is 7.05 Å². The van der Waals surface area contributed by atoms with E-state index < -0.39 is 11.9 Å². The molecule has 2 atom stereocenters. The van der Waals surface area contributed by atoms with Gasteiger partial charge in [0.15, 0.2) is 0 Å². The van der Waals surface area contributed by atoms with Crippen LogP contribution in [-0.2, 0) is 18.4 Å². The van der Waals surface area contributed by atoms with Crippen LogP contribution < -0.4 is 5.32 Å². The van der Waals surface area contributed by atoms with Gasteiger partial charge < -0.3 is 19.9 Å². The smallest absolute Gasteiger partial charge is 0.317 e. The van der Waals surface area contributed by atoms with Gasteiger partial charge >= 0.3 is 12.0 Å². The molecule has 0 radical (unpaired) electrons. The van der Waals surface area contributed by atoms with E-state index in [1.807, 2.05) is 17.8 Å². The zero-order chi connectivity index (χ0) is 14.7. The van der Waals surface area contributed by atoms with Gasteiger partial charge in [0.2, 0.25) is 0 Å². The third kappa shape index (κ3) is 3.09. The van der Waals surface area contributed by atoms with E-state index in [0.29, 0.717) is 13.0 Å². The summed E-state index contributed by atoms with van der Waals surface area (Å²) in [5, 5.41) is 11.9. The predicted octanol–water partition coefficient (Wildman–Crippen LogP) is 0.815. The van der Waals surface area contributed by atoms with Crippen molar-refractivity contribution >= 4 is 12.0 Å². The molecule has 0 aromatic carbocycles. The van der Waals surface area contributed by atoms with Gasteiger partial charge in [-0.15, -0.1) is 0 Å². The maximum atomic E-state index is 12.1. The molecule has 1 aliphatic rings. The average molecular weight is 280 g/mol.